The van der Waals surface area contributed by atoms with Crippen molar-refractivity contribution in [3.05, 3.63) is 82.8 Å². The first-order chi connectivity index (χ1) is 14.0. The zero-order valence-corrected chi connectivity index (χ0v) is 17.4. The molecule has 0 unspecified atom stereocenters. The van der Waals surface area contributed by atoms with Crippen LogP contribution in [0.15, 0.2) is 77.7 Å². The van der Waals surface area contributed by atoms with E-state index in [4.69, 9.17) is 23.2 Å². The van der Waals surface area contributed by atoms with E-state index >= 15 is 0 Å². The van der Waals surface area contributed by atoms with E-state index in [-0.39, 0.29) is 17.7 Å². The van der Waals surface area contributed by atoms with Crippen LogP contribution in [0, 0.1) is 0 Å². The Morgan fingerprint density at radius 1 is 0.724 bits per heavy atom. The number of hydrogen-bond acceptors (Lipinski definition) is 3. The Hall–Kier alpha value is -2.67. The molecule has 0 radical (unpaired) electrons. The minimum atomic E-state index is -0.323. The summed E-state index contributed by atoms with van der Waals surface area (Å²) in [6.07, 6.45) is 0. The van der Waals surface area contributed by atoms with E-state index in [0.717, 1.165) is 4.90 Å². The van der Waals surface area contributed by atoms with E-state index < -0.39 is 0 Å². The highest BCUT2D eigenvalue weighted by atomic mass is 35.5. The van der Waals surface area contributed by atoms with Crippen molar-refractivity contribution >= 4 is 64.0 Å². The quantitative estimate of drug-likeness (QED) is 0.386. The first kappa shape index (κ1) is 21.0. The van der Waals surface area contributed by atoms with Gasteiger partial charge in [0.1, 0.15) is 0 Å². The maximum absolute atomic E-state index is 12.1. The van der Waals surface area contributed by atoms with Gasteiger partial charge in [-0.2, -0.15) is 0 Å². The van der Waals surface area contributed by atoms with Crippen molar-refractivity contribution in [2.45, 2.75) is 4.90 Å². The molecule has 3 N–H and O–H groups in total. The summed E-state index contributed by atoms with van der Waals surface area (Å²) < 4.78 is 0. The Morgan fingerprint density at radius 2 is 1.31 bits per heavy atom. The molecule has 0 fully saturated rings. The predicted molar refractivity (Wildman–Crippen MR) is 121 cm³/mol. The molecule has 0 atom stereocenters. The van der Waals surface area contributed by atoms with Crippen molar-refractivity contribution in [3.63, 3.8) is 0 Å². The summed E-state index contributed by atoms with van der Waals surface area (Å²) in [6, 6.07) is 21.0. The van der Waals surface area contributed by atoms with Crippen molar-refractivity contribution in [3.8, 4) is 0 Å². The summed E-state index contributed by atoms with van der Waals surface area (Å²) in [4.78, 5) is 25.0. The molecular weight excluding hydrogens is 429 g/mol. The van der Waals surface area contributed by atoms with Gasteiger partial charge < -0.3 is 16.0 Å². The lowest BCUT2D eigenvalue weighted by molar-refractivity contribution is -0.113. The first-order valence-corrected chi connectivity index (χ1v) is 10.3. The monoisotopic (exact) mass is 445 g/mol. The molecule has 3 amide bonds. The van der Waals surface area contributed by atoms with Crippen LogP contribution in [0.4, 0.5) is 21.9 Å². The summed E-state index contributed by atoms with van der Waals surface area (Å²) in [5.41, 5.74) is 1.92. The fourth-order valence-electron chi connectivity index (χ4n) is 2.42. The van der Waals surface area contributed by atoms with Gasteiger partial charge in [-0.05, 0) is 54.6 Å². The molecule has 0 aliphatic heterocycles. The summed E-state index contributed by atoms with van der Waals surface area (Å²) in [6.45, 7) is 0. The first-order valence-electron chi connectivity index (χ1n) is 8.60. The van der Waals surface area contributed by atoms with Gasteiger partial charge in [0.05, 0.1) is 5.75 Å². The van der Waals surface area contributed by atoms with Crippen LogP contribution >= 0.6 is 35.0 Å². The van der Waals surface area contributed by atoms with Crippen molar-refractivity contribution in [2.75, 3.05) is 21.7 Å². The second-order valence-electron chi connectivity index (χ2n) is 5.96. The molecule has 0 aliphatic carbocycles. The third-order valence-corrected chi connectivity index (χ3v) is 5.11. The SMILES string of the molecule is O=C(CSc1ccc(NC(=O)Nc2ccccc2)cc1)Nc1cc(Cl)cc(Cl)c1. The summed E-state index contributed by atoms with van der Waals surface area (Å²) in [7, 11) is 0. The molecule has 0 heterocycles. The number of anilines is 3. The number of nitrogens with one attached hydrogen (secondary N) is 3. The number of amides is 3. The van der Waals surface area contributed by atoms with Crippen LogP contribution in [-0.2, 0) is 4.79 Å². The van der Waals surface area contributed by atoms with Crippen LogP contribution in [0.5, 0.6) is 0 Å². The molecule has 0 aliphatic rings. The highest BCUT2D eigenvalue weighted by Gasteiger charge is 2.07. The smallest absolute Gasteiger partial charge is 0.323 e. The van der Waals surface area contributed by atoms with Gasteiger partial charge in [0, 0.05) is 32.0 Å². The van der Waals surface area contributed by atoms with Gasteiger partial charge in [-0.1, -0.05) is 41.4 Å². The predicted octanol–water partition coefficient (Wildman–Crippen LogP) is 6.37. The van der Waals surface area contributed by atoms with Crippen molar-refractivity contribution in [1.82, 2.24) is 0 Å². The van der Waals surface area contributed by atoms with Gasteiger partial charge >= 0.3 is 6.03 Å². The lowest BCUT2D eigenvalue weighted by atomic mass is 10.3. The molecule has 0 spiro atoms. The van der Waals surface area contributed by atoms with Crippen LogP contribution in [0.1, 0.15) is 0 Å². The zero-order chi connectivity index (χ0) is 20.6. The van der Waals surface area contributed by atoms with Gasteiger partial charge in [0.2, 0.25) is 5.91 Å². The molecule has 3 aromatic carbocycles. The fraction of sp³-hybridized carbons (Fsp3) is 0.0476. The molecule has 0 aromatic heterocycles. The number of urea groups is 1. The Bertz CT molecular complexity index is 978. The molecule has 148 valence electrons. The number of hydrogen-bond donors (Lipinski definition) is 3. The average Bonchev–Trinajstić information content (AvgIpc) is 2.67. The molecular formula is C21H17Cl2N3O2S. The minimum absolute atomic E-state index is 0.169. The number of para-hydroxylation sites is 1. The van der Waals surface area contributed by atoms with E-state index in [1.54, 1.807) is 30.3 Å². The Balaban J connectivity index is 1.47. The largest absolute Gasteiger partial charge is 0.325 e. The highest BCUT2D eigenvalue weighted by molar-refractivity contribution is 8.00. The number of thioether (sulfide) groups is 1. The molecule has 0 bridgehead atoms. The molecule has 0 saturated heterocycles. The zero-order valence-electron chi connectivity index (χ0n) is 15.1. The minimum Gasteiger partial charge on any atom is -0.325 e. The van der Waals surface area contributed by atoms with E-state index in [2.05, 4.69) is 16.0 Å². The molecule has 5 nitrogen and oxygen atoms in total. The highest BCUT2D eigenvalue weighted by Crippen LogP contribution is 2.24. The number of benzene rings is 3. The van der Waals surface area contributed by atoms with Crippen LogP contribution in [-0.4, -0.2) is 17.7 Å². The second-order valence-corrected chi connectivity index (χ2v) is 7.89. The molecule has 0 saturated carbocycles. The fourth-order valence-corrected chi connectivity index (χ4v) is 3.65. The summed E-state index contributed by atoms with van der Waals surface area (Å²) in [5, 5.41) is 9.19. The van der Waals surface area contributed by atoms with Crippen molar-refractivity contribution in [1.29, 1.82) is 0 Å². The normalized spacial score (nSPS) is 10.3. The topological polar surface area (TPSA) is 70.2 Å². The van der Waals surface area contributed by atoms with Crippen LogP contribution in [0.3, 0.4) is 0 Å². The third kappa shape index (κ3) is 7.02. The van der Waals surface area contributed by atoms with Crippen LogP contribution < -0.4 is 16.0 Å². The Labute approximate surface area is 182 Å². The maximum Gasteiger partial charge on any atom is 0.323 e. The standard InChI is InChI=1S/C21H17Cl2N3O2S/c22-14-10-15(23)12-18(11-14)24-20(27)13-29-19-8-6-17(7-9-19)26-21(28)25-16-4-2-1-3-5-16/h1-12H,13H2,(H,24,27)(H2,25,26,28). The van der Waals surface area contributed by atoms with Gasteiger partial charge in [-0.3, -0.25) is 4.79 Å². The van der Waals surface area contributed by atoms with Crippen LogP contribution in [0.25, 0.3) is 0 Å². The molecule has 8 heteroatoms. The average molecular weight is 446 g/mol. The number of halogens is 2. The van der Waals surface area contributed by atoms with Gasteiger partial charge in [0.25, 0.3) is 0 Å². The molecule has 3 rings (SSSR count). The molecule has 3 aromatic rings. The number of carbonyl (C=O) groups excluding carboxylic acids is 2. The third-order valence-electron chi connectivity index (χ3n) is 3.66. The maximum atomic E-state index is 12.1. The Morgan fingerprint density at radius 3 is 1.93 bits per heavy atom. The van der Waals surface area contributed by atoms with E-state index in [0.29, 0.717) is 27.1 Å². The summed E-state index contributed by atoms with van der Waals surface area (Å²) >= 11 is 13.2. The van der Waals surface area contributed by atoms with Gasteiger partial charge in [-0.15, -0.1) is 11.8 Å². The number of carbonyl (C=O) groups is 2. The Kier molecular flexibility index (Phi) is 7.41. The summed E-state index contributed by atoms with van der Waals surface area (Å²) in [5.74, 6) is 0.0589. The van der Waals surface area contributed by atoms with Gasteiger partial charge in [-0.25, -0.2) is 4.79 Å². The van der Waals surface area contributed by atoms with E-state index in [1.165, 1.54) is 11.8 Å². The lowest BCUT2D eigenvalue weighted by Gasteiger charge is -2.09. The molecule has 29 heavy (non-hydrogen) atoms. The van der Waals surface area contributed by atoms with Crippen LogP contribution in [0.2, 0.25) is 10.0 Å². The number of rotatable bonds is 6. The van der Waals surface area contributed by atoms with E-state index in [1.807, 2.05) is 42.5 Å². The van der Waals surface area contributed by atoms with Crippen molar-refractivity contribution in [2.24, 2.45) is 0 Å². The second kappa shape index (κ2) is 10.2. The van der Waals surface area contributed by atoms with E-state index in [9.17, 15) is 9.59 Å². The van der Waals surface area contributed by atoms with Crippen molar-refractivity contribution < 1.29 is 9.59 Å². The lowest BCUT2D eigenvalue weighted by Crippen LogP contribution is -2.19. The van der Waals surface area contributed by atoms with Gasteiger partial charge in [0.15, 0.2) is 0 Å².